The van der Waals surface area contributed by atoms with Crippen molar-refractivity contribution < 1.29 is 0 Å². The minimum absolute atomic E-state index is 0.557. The Kier molecular flexibility index (Phi) is 2.59. The molecule has 2 heterocycles. The summed E-state index contributed by atoms with van der Waals surface area (Å²) in [5, 5.41) is 1.37. The third-order valence-electron chi connectivity index (χ3n) is 1.76. The van der Waals surface area contributed by atoms with Crippen LogP contribution in [0, 0.1) is 13.8 Å². The van der Waals surface area contributed by atoms with Crippen LogP contribution < -0.4 is 5.73 Å². The molecule has 6 heteroatoms. The number of aryl methyl sites for hydroxylation is 2. The van der Waals surface area contributed by atoms with Crippen LogP contribution in [0.1, 0.15) is 11.4 Å². The van der Waals surface area contributed by atoms with E-state index in [1.807, 2.05) is 13.8 Å². The Hall–Kier alpha value is -1.56. The molecule has 0 spiro atoms. The van der Waals surface area contributed by atoms with Gasteiger partial charge in [-0.05, 0) is 31.2 Å². The van der Waals surface area contributed by atoms with Gasteiger partial charge in [-0.25, -0.2) is 15.0 Å². The first-order valence-corrected chi connectivity index (χ1v) is 5.25. The molecule has 0 aliphatic heterocycles. The van der Waals surface area contributed by atoms with E-state index in [0.29, 0.717) is 11.0 Å². The van der Waals surface area contributed by atoms with Crippen molar-refractivity contribution in [3.8, 4) is 0 Å². The Morgan fingerprint density at radius 1 is 1.27 bits per heavy atom. The van der Waals surface area contributed by atoms with E-state index >= 15 is 0 Å². The maximum atomic E-state index is 5.72. The first-order chi connectivity index (χ1) is 7.15. The van der Waals surface area contributed by atoms with Gasteiger partial charge in [-0.15, -0.1) is 0 Å². The summed E-state index contributed by atoms with van der Waals surface area (Å²) in [5.41, 5.74) is 6.76. The van der Waals surface area contributed by atoms with Crippen molar-refractivity contribution in [3.63, 3.8) is 0 Å². The molecule has 0 radical (unpaired) electrons. The van der Waals surface area contributed by atoms with Gasteiger partial charge in [-0.3, -0.25) is 0 Å². The summed E-state index contributed by atoms with van der Waals surface area (Å²) in [4.78, 5) is 15.5. The SMILES string of the molecule is Cc1cnc(Sc2nc(C)[nH]c2N)nc1. The summed E-state index contributed by atoms with van der Waals surface area (Å²) < 4.78 is 0. The lowest BCUT2D eigenvalue weighted by Crippen LogP contribution is -1.90. The number of nitrogen functional groups attached to an aromatic ring is 1. The van der Waals surface area contributed by atoms with Crippen molar-refractivity contribution in [1.82, 2.24) is 19.9 Å². The number of rotatable bonds is 2. The average Bonchev–Trinajstić information content (AvgIpc) is 2.49. The zero-order chi connectivity index (χ0) is 10.8. The fourth-order valence-corrected chi connectivity index (χ4v) is 1.81. The second-order valence-electron chi connectivity index (χ2n) is 3.19. The van der Waals surface area contributed by atoms with Crippen LogP contribution in [0.25, 0.3) is 0 Å². The van der Waals surface area contributed by atoms with Gasteiger partial charge in [0.25, 0.3) is 0 Å². The van der Waals surface area contributed by atoms with Crippen LogP contribution in [0.2, 0.25) is 0 Å². The average molecular weight is 221 g/mol. The van der Waals surface area contributed by atoms with Crippen molar-refractivity contribution in [3.05, 3.63) is 23.8 Å². The summed E-state index contributed by atoms with van der Waals surface area (Å²) in [6.07, 6.45) is 3.54. The zero-order valence-corrected chi connectivity index (χ0v) is 9.30. The van der Waals surface area contributed by atoms with Gasteiger partial charge in [0.1, 0.15) is 16.7 Å². The molecule has 2 aromatic heterocycles. The summed E-state index contributed by atoms with van der Waals surface area (Å²) >= 11 is 1.35. The first-order valence-electron chi connectivity index (χ1n) is 4.44. The Balaban J connectivity index is 2.21. The molecule has 0 amide bonds. The Bertz CT molecular complexity index is 462. The lowest BCUT2D eigenvalue weighted by Gasteiger charge is -1.97. The highest BCUT2D eigenvalue weighted by atomic mass is 32.2. The molecule has 15 heavy (non-hydrogen) atoms. The van der Waals surface area contributed by atoms with Crippen LogP contribution >= 0.6 is 11.8 Å². The fraction of sp³-hybridized carbons (Fsp3) is 0.222. The van der Waals surface area contributed by atoms with Gasteiger partial charge in [-0.2, -0.15) is 0 Å². The second-order valence-corrected chi connectivity index (χ2v) is 4.14. The van der Waals surface area contributed by atoms with E-state index in [2.05, 4.69) is 19.9 Å². The van der Waals surface area contributed by atoms with E-state index in [0.717, 1.165) is 16.4 Å². The topological polar surface area (TPSA) is 80.5 Å². The molecular weight excluding hydrogens is 210 g/mol. The van der Waals surface area contributed by atoms with Crippen LogP contribution in [0.4, 0.5) is 5.82 Å². The molecule has 0 aliphatic rings. The van der Waals surface area contributed by atoms with Gasteiger partial charge in [0.15, 0.2) is 5.16 Å². The minimum Gasteiger partial charge on any atom is -0.383 e. The zero-order valence-electron chi connectivity index (χ0n) is 8.48. The van der Waals surface area contributed by atoms with Crippen molar-refractivity contribution in [1.29, 1.82) is 0 Å². The van der Waals surface area contributed by atoms with E-state index < -0.39 is 0 Å². The fourth-order valence-electron chi connectivity index (χ4n) is 1.09. The number of anilines is 1. The molecular formula is C9H11N5S. The largest absolute Gasteiger partial charge is 0.383 e. The Morgan fingerprint density at radius 3 is 2.47 bits per heavy atom. The van der Waals surface area contributed by atoms with E-state index in [4.69, 9.17) is 5.73 Å². The molecule has 0 atom stereocenters. The molecule has 0 saturated carbocycles. The number of imidazole rings is 1. The number of H-pyrrole nitrogens is 1. The number of hydrogen-bond donors (Lipinski definition) is 2. The highest BCUT2D eigenvalue weighted by molar-refractivity contribution is 7.99. The number of aromatic nitrogens is 4. The summed E-state index contributed by atoms with van der Waals surface area (Å²) in [7, 11) is 0. The lowest BCUT2D eigenvalue weighted by atomic mass is 10.4. The molecule has 0 saturated heterocycles. The van der Waals surface area contributed by atoms with E-state index in [-0.39, 0.29) is 0 Å². The van der Waals surface area contributed by atoms with Gasteiger partial charge < -0.3 is 10.7 Å². The van der Waals surface area contributed by atoms with E-state index in [9.17, 15) is 0 Å². The van der Waals surface area contributed by atoms with Crippen molar-refractivity contribution in [2.75, 3.05) is 5.73 Å². The summed E-state index contributed by atoms with van der Waals surface area (Å²) in [5.74, 6) is 1.35. The van der Waals surface area contributed by atoms with Crippen molar-refractivity contribution in [2.45, 2.75) is 24.0 Å². The molecule has 0 aliphatic carbocycles. The molecule has 3 N–H and O–H groups in total. The first kappa shape index (κ1) is 9.97. The third kappa shape index (κ3) is 2.27. The number of nitrogens with two attached hydrogens (primary N) is 1. The van der Waals surface area contributed by atoms with Crippen molar-refractivity contribution >= 4 is 17.6 Å². The number of nitrogens with zero attached hydrogens (tertiary/aromatic N) is 3. The third-order valence-corrected chi connectivity index (χ3v) is 2.66. The van der Waals surface area contributed by atoms with Gasteiger partial charge in [0.2, 0.25) is 0 Å². The highest BCUT2D eigenvalue weighted by Gasteiger charge is 2.08. The van der Waals surface area contributed by atoms with Crippen LogP contribution in [-0.4, -0.2) is 19.9 Å². The molecule has 5 nitrogen and oxygen atoms in total. The standard InChI is InChI=1S/C9H11N5S/c1-5-3-11-9(12-4-5)15-8-7(10)13-6(2)14-8/h3-4H,10H2,1-2H3,(H,13,14). The number of aromatic amines is 1. The van der Waals surface area contributed by atoms with E-state index in [1.54, 1.807) is 12.4 Å². The smallest absolute Gasteiger partial charge is 0.193 e. The molecule has 0 bridgehead atoms. The van der Waals surface area contributed by atoms with Crippen LogP contribution in [-0.2, 0) is 0 Å². The van der Waals surface area contributed by atoms with Crippen molar-refractivity contribution in [2.24, 2.45) is 0 Å². The molecule has 2 rings (SSSR count). The number of hydrogen-bond acceptors (Lipinski definition) is 5. The highest BCUT2D eigenvalue weighted by Crippen LogP contribution is 2.26. The molecule has 0 unspecified atom stereocenters. The van der Waals surface area contributed by atoms with E-state index in [1.165, 1.54) is 11.8 Å². The quantitative estimate of drug-likeness (QED) is 0.752. The van der Waals surface area contributed by atoms with Crippen LogP contribution in [0.15, 0.2) is 22.6 Å². The predicted molar refractivity (Wildman–Crippen MR) is 58.6 cm³/mol. The van der Waals surface area contributed by atoms with Gasteiger partial charge in [0, 0.05) is 12.4 Å². The normalized spacial score (nSPS) is 10.5. The Labute approximate surface area is 91.5 Å². The molecule has 2 aromatic rings. The Morgan fingerprint density at radius 2 is 1.93 bits per heavy atom. The maximum absolute atomic E-state index is 5.72. The minimum atomic E-state index is 0.557. The summed E-state index contributed by atoms with van der Waals surface area (Å²) in [6, 6.07) is 0. The maximum Gasteiger partial charge on any atom is 0.193 e. The second kappa shape index (κ2) is 3.90. The predicted octanol–water partition coefficient (Wildman–Crippen LogP) is 1.55. The van der Waals surface area contributed by atoms with Crippen LogP contribution in [0.3, 0.4) is 0 Å². The number of nitrogens with one attached hydrogen (secondary N) is 1. The summed E-state index contributed by atoms with van der Waals surface area (Å²) in [6.45, 7) is 3.80. The van der Waals surface area contributed by atoms with Crippen LogP contribution in [0.5, 0.6) is 0 Å². The molecule has 0 fully saturated rings. The van der Waals surface area contributed by atoms with Gasteiger partial charge in [-0.1, -0.05) is 0 Å². The molecule has 0 aromatic carbocycles. The lowest BCUT2D eigenvalue weighted by molar-refractivity contribution is 0.946. The van der Waals surface area contributed by atoms with Gasteiger partial charge in [0.05, 0.1) is 0 Å². The molecule has 78 valence electrons. The monoisotopic (exact) mass is 221 g/mol. The van der Waals surface area contributed by atoms with Gasteiger partial charge >= 0.3 is 0 Å².